The second-order valence-corrected chi connectivity index (χ2v) is 3.54. The van der Waals surface area contributed by atoms with E-state index in [1.54, 1.807) is 0 Å². The first-order valence-corrected chi connectivity index (χ1v) is 5.18. The molecule has 0 aliphatic carbocycles. The van der Waals surface area contributed by atoms with Gasteiger partial charge in [0, 0.05) is 6.85 Å². The Labute approximate surface area is 108 Å². The Morgan fingerprint density at radius 2 is 2.00 bits per heavy atom. The van der Waals surface area contributed by atoms with Gasteiger partial charge in [-0.05, 0) is 29.6 Å². The summed E-state index contributed by atoms with van der Waals surface area (Å²) < 4.78 is 56.3. The Morgan fingerprint density at radius 1 is 1.18 bits per heavy atom. The van der Waals surface area contributed by atoms with Crippen LogP contribution in [0.3, 0.4) is 0 Å². The lowest BCUT2D eigenvalue weighted by Crippen LogP contribution is -1.98. The average molecular weight is 235 g/mol. The fourth-order valence-electron chi connectivity index (χ4n) is 1.43. The second-order valence-electron chi connectivity index (χ2n) is 3.54. The topological polar surface area (TPSA) is 9.23 Å². The molecule has 0 N–H and O–H groups in total. The molecular weight excluding hydrogens is 215 g/mol. The number of hydrogen-bond donors (Lipinski definition) is 0. The summed E-state index contributed by atoms with van der Waals surface area (Å²) in [6, 6.07) is 12.3. The van der Waals surface area contributed by atoms with Gasteiger partial charge in [-0.2, -0.15) is 0 Å². The molecular formula is C15H15FO. The normalized spacial score (nSPS) is 16.2. The van der Waals surface area contributed by atoms with Gasteiger partial charge in [0.15, 0.2) is 11.6 Å². The maximum atomic E-state index is 13.8. The third-order valence-electron chi connectivity index (χ3n) is 2.31. The van der Waals surface area contributed by atoms with Crippen molar-refractivity contribution in [3.05, 3.63) is 65.5 Å². The molecule has 0 amide bonds. The first kappa shape index (κ1) is 6.80. The zero-order valence-electron chi connectivity index (χ0n) is 14.1. The summed E-state index contributed by atoms with van der Waals surface area (Å²) in [6.45, 7) is -2.74. The minimum absolute atomic E-state index is 0.109. The summed E-state index contributed by atoms with van der Waals surface area (Å²) in [4.78, 5) is 0. The van der Waals surface area contributed by atoms with Crippen LogP contribution in [0.2, 0.25) is 0 Å². The van der Waals surface area contributed by atoms with Crippen molar-refractivity contribution in [3.63, 3.8) is 0 Å². The number of hydrogen-bond acceptors (Lipinski definition) is 1. The summed E-state index contributed by atoms with van der Waals surface area (Å²) >= 11 is 0. The number of aryl methyl sites for hydroxylation is 1. The van der Waals surface area contributed by atoms with Crippen LogP contribution in [-0.2, 0) is 13.0 Å². The maximum Gasteiger partial charge on any atom is 0.165 e. The van der Waals surface area contributed by atoms with E-state index in [0.29, 0.717) is 0 Å². The van der Waals surface area contributed by atoms with Crippen molar-refractivity contribution in [1.82, 2.24) is 0 Å². The molecule has 0 heterocycles. The van der Waals surface area contributed by atoms with E-state index in [-0.39, 0.29) is 17.9 Å². The first-order valence-electron chi connectivity index (χ1n) is 7.68. The summed E-state index contributed by atoms with van der Waals surface area (Å²) in [5.74, 6) is -0.837. The van der Waals surface area contributed by atoms with E-state index >= 15 is 0 Å². The number of rotatable bonds is 4. The molecule has 0 saturated heterocycles. The molecule has 0 aromatic heterocycles. The molecule has 2 heteroatoms. The molecule has 17 heavy (non-hydrogen) atoms. The van der Waals surface area contributed by atoms with Crippen LogP contribution in [0.1, 0.15) is 24.8 Å². The predicted octanol–water partition coefficient (Wildman–Crippen LogP) is 3.97. The molecule has 2 aromatic carbocycles. The van der Waals surface area contributed by atoms with Crippen LogP contribution in [0, 0.1) is 5.82 Å². The van der Waals surface area contributed by atoms with Gasteiger partial charge in [-0.25, -0.2) is 4.39 Å². The van der Waals surface area contributed by atoms with Gasteiger partial charge in [-0.1, -0.05) is 43.3 Å². The van der Waals surface area contributed by atoms with Crippen LogP contribution in [0.25, 0.3) is 0 Å². The van der Waals surface area contributed by atoms with Crippen LogP contribution in [0.4, 0.5) is 4.39 Å². The Hall–Kier alpha value is -1.83. The van der Waals surface area contributed by atoms with E-state index < -0.39 is 19.0 Å². The van der Waals surface area contributed by atoms with Crippen LogP contribution in [0.15, 0.2) is 48.5 Å². The summed E-state index contributed by atoms with van der Waals surface area (Å²) in [6.07, 6.45) is -2.58. The van der Waals surface area contributed by atoms with Gasteiger partial charge in [0.2, 0.25) is 0 Å². The number of ether oxygens (including phenoxy) is 1. The molecule has 0 bridgehead atoms. The molecule has 0 spiro atoms. The lowest BCUT2D eigenvalue weighted by atomic mass is 10.1. The van der Waals surface area contributed by atoms with Crippen LogP contribution in [-0.4, -0.2) is 0 Å². The molecule has 2 rings (SSSR count). The molecule has 0 aliphatic rings. The van der Waals surface area contributed by atoms with Crippen molar-refractivity contribution in [1.29, 1.82) is 0 Å². The van der Waals surface area contributed by atoms with Gasteiger partial charge in [0.25, 0.3) is 0 Å². The Bertz CT molecular complexity index is 640. The Morgan fingerprint density at radius 3 is 2.76 bits per heavy atom. The summed E-state index contributed by atoms with van der Waals surface area (Å²) in [7, 11) is 0. The molecule has 0 atom stereocenters. The van der Waals surface area contributed by atoms with Crippen LogP contribution >= 0.6 is 0 Å². The fraction of sp³-hybridized carbons (Fsp3) is 0.200. The van der Waals surface area contributed by atoms with Gasteiger partial charge in [0.05, 0.1) is 0 Å². The van der Waals surface area contributed by atoms with E-state index in [9.17, 15) is 4.39 Å². The molecule has 88 valence electrons. The highest BCUT2D eigenvalue weighted by Crippen LogP contribution is 2.20. The lowest BCUT2D eigenvalue weighted by Gasteiger charge is -2.08. The molecule has 0 saturated carbocycles. The highest BCUT2D eigenvalue weighted by molar-refractivity contribution is 5.30. The first-order chi connectivity index (χ1) is 10.2. The minimum Gasteiger partial charge on any atom is -0.486 e. The number of benzene rings is 2. The molecule has 0 radical (unpaired) electrons. The predicted molar refractivity (Wildman–Crippen MR) is 66.6 cm³/mol. The third-order valence-corrected chi connectivity index (χ3v) is 2.31. The van der Waals surface area contributed by atoms with Gasteiger partial charge in [0.1, 0.15) is 6.61 Å². The van der Waals surface area contributed by atoms with Crippen molar-refractivity contribution in [2.75, 3.05) is 0 Å². The highest BCUT2D eigenvalue weighted by Gasteiger charge is 2.04. The molecule has 0 unspecified atom stereocenters. The van der Waals surface area contributed by atoms with Crippen LogP contribution < -0.4 is 4.74 Å². The fourth-order valence-corrected chi connectivity index (χ4v) is 1.43. The monoisotopic (exact) mass is 235 g/mol. The summed E-state index contributed by atoms with van der Waals surface area (Å²) in [5.41, 5.74) is 0.683. The largest absolute Gasteiger partial charge is 0.486 e. The Kier molecular flexibility index (Phi) is 2.19. The molecule has 2 aromatic rings. The van der Waals surface area contributed by atoms with E-state index in [1.807, 2.05) is 30.3 Å². The minimum atomic E-state index is -2.85. The zero-order chi connectivity index (χ0) is 16.4. The van der Waals surface area contributed by atoms with Gasteiger partial charge in [-0.15, -0.1) is 0 Å². The van der Waals surface area contributed by atoms with E-state index in [4.69, 9.17) is 11.6 Å². The van der Waals surface area contributed by atoms with Crippen LogP contribution in [0.5, 0.6) is 5.75 Å². The van der Waals surface area contributed by atoms with E-state index in [2.05, 4.69) is 0 Å². The quantitative estimate of drug-likeness (QED) is 0.779. The molecule has 0 aliphatic heterocycles. The molecule has 1 nitrogen and oxygen atoms in total. The van der Waals surface area contributed by atoms with E-state index in [1.165, 1.54) is 0 Å². The van der Waals surface area contributed by atoms with Crippen molar-refractivity contribution in [2.24, 2.45) is 0 Å². The summed E-state index contributed by atoms with van der Waals surface area (Å²) in [5, 5.41) is 0. The van der Waals surface area contributed by atoms with Gasteiger partial charge < -0.3 is 4.74 Å². The lowest BCUT2D eigenvalue weighted by molar-refractivity contribution is 0.290. The molecule has 0 fully saturated rings. The number of halogens is 1. The van der Waals surface area contributed by atoms with E-state index in [0.717, 1.165) is 23.8 Å². The average Bonchev–Trinajstić information content (AvgIpc) is 2.46. The van der Waals surface area contributed by atoms with Crippen molar-refractivity contribution < 1.29 is 16.0 Å². The third kappa shape index (κ3) is 3.06. The Balaban J connectivity index is 2.24. The van der Waals surface area contributed by atoms with Crippen molar-refractivity contribution in [3.8, 4) is 5.75 Å². The van der Waals surface area contributed by atoms with Crippen molar-refractivity contribution in [2.45, 2.75) is 19.8 Å². The second kappa shape index (κ2) is 5.48. The zero-order valence-corrected chi connectivity index (χ0v) is 9.11. The van der Waals surface area contributed by atoms with Crippen molar-refractivity contribution >= 4 is 0 Å². The maximum absolute atomic E-state index is 13.8. The van der Waals surface area contributed by atoms with Gasteiger partial charge in [-0.3, -0.25) is 0 Å². The SMILES string of the molecule is [2H]C([2H])([2H])C([2H])([2H])c1ccc(F)c(OCc2ccccc2)c1. The standard InChI is InChI=1S/C15H15FO/c1-2-12-8-9-14(16)15(10-12)17-11-13-6-4-3-5-7-13/h3-10H,2,11H2,1H3/i1D3,2D2. The van der Waals surface area contributed by atoms with Gasteiger partial charge >= 0.3 is 0 Å². The highest BCUT2D eigenvalue weighted by atomic mass is 19.1. The smallest absolute Gasteiger partial charge is 0.165 e.